The summed E-state index contributed by atoms with van der Waals surface area (Å²) in [5, 5.41) is 4.03. The van der Waals surface area contributed by atoms with E-state index in [0.717, 1.165) is 43.0 Å². The van der Waals surface area contributed by atoms with Gasteiger partial charge >= 0.3 is 0 Å². The third-order valence-corrected chi connectivity index (χ3v) is 4.81. The van der Waals surface area contributed by atoms with Crippen LogP contribution in [0.25, 0.3) is 0 Å². The van der Waals surface area contributed by atoms with Crippen molar-refractivity contribution in [2.45, 2.75) is 50.0 Å². The average molecular weight is 329 g/mol. The number of carbonyl (C=O) groups is 1. The lowest BCUT2D eigenvalue weighted by atomic mass is 9.94. The van der Waals surface area contributed by atoms with E-state index in [1.165, 1.54) is 4.90 Å². The van der Waals surface area contributed by atoms with Crippen LogP contribution >= 0.6 is 23.4 Å². The normalized spacial score (nSPS) is 13.9. The zero-order valence-electron chi connectivity index (χ0n) is 12.8. The summed E-state index contributed by atoms with van der Waals surface area (Å²) in [6, 6.07) is 7.87. The van der Waals surface area contributed by atoms with Crippen molar-refractivity contribution in [3.05, 3.63) is 29.3 Å². The molecule has 1 rings (SSSR count). The fourth-order valence-electron chi connectivity index (χ4n) is 2.00. The lowest BCUT2D eigenvalue weighted by molar-refractivity contribution is -0.124. The molecule has 5 heteroatoms. The molecule has 3 nitrogen and oxygen atoms in total. The summed E-state index contributed by atoms with van der Waals surface area (Å²) in [5.41, 5.74) is 4.93. The van der Waals surface area contributed by atoms with Gasteiger partial charge in [-0.05, 0) is 62.7 Å². The monoisotopic (exact) mass is 328 g/mol. The number of rotatable bonds is 10. The van der Waals surface area contributed by atoms with Crippen LogP contribution in [0.1, 0.15) is 39.5 Å². The molecule has 0 saturated heterocycles. The van der Waals surface area contributed by atoms with Crippen LogP contribution < -0.4 is 11.1 Å². The Labute approximate surface area is 137 Å². The molecule has 0 heterocycles. The number of carbonyl (C=O) groups excluding carboxylic acids is 1. The van der Waals surface area contributed by atoms with Gasteiger partial charge in [0.05, 0.1) is 5.54 Å². The zero-order valence-corrected chi connectivity index (χ0v) is 14.4. The van der Waals surface area contributed by atoms with Gasteiger partial charge < -0.3 is 11.1 Å². The zero-order chi connectivity index (χ0) is 15.7. The number of nitrogens with two attached hydrogens (primary N) is 1. The lowest BCUT2D eigenvalue weighted by Gasteiger charge is -2.27. The van der Waals surface area contributed by atoms with Crippen LogP contribution in [0.4, 0.5) is 0 Å². The van der Waals surface area contributed by atoms with Gasteiger partial charge in [-0.1, -0.05) is 24.9 Å². The maximum Gasteiger partial charge on any atom is 0.237 e. The van der Waals surface area contributed by atoms with Crippen molar-refractivity contribution in [1.29, 1.82) is 0 Å². The Kier molecular flexibility index (Phi) is 8.15. The molecule has 1 aromatic carbocycles. The summed E-state index contributed by atoms with van der Waals surface area (Å²) in [4.78, 5) is 12.8. The predicted molar refractivity (Wildman–Crippen MR) is 91.9 cm³/mol. The fourth-order valence-corrected chi connectivity index (χ4v) is 3.04. The van der Waals surface area contributed by atoms with E-state index in [9.17, 15) is 4.79 Å². The average Bonchev–Trinajstić information content (AvgIpc) is 2.46. The van der Waals surface area contributed by atoms with Crippen LogP contribution in [-0.2, 0) is 4.79 Å². The first kappa shape index (κ1) is 18.3. The standard InChI is InChI=1S/C16H25ClN2OS/c1-3-11-19-16(2,15(18)20)10-4-5-12-21-14-8-6-13(17)7-9-14/h6-9,19H,3-5,10-12H2,1-2H3,(H2,18,20). The first-order valence-corrected chi connectivity index (χ1v) is 8.77. The number of nitrogens with one attached hydrogen (secondary N) is 1. The number of primary amides is 1. The van der Waals surface area contributed by atoms with Gasteiger partial charge in [-0.25, -0.2) is 0 Å². The molecule has 0 radical (unpaired) electrons. The van der Waals surface area contributed by atoms with Crippen LogP contribution in [0.2, 0.25) is 5.02 Å². The number of amides is 1. The molecule has 1 atom stereocenters. The highest BCUT2D eigenvalue weighted by Gasteiger charge is 2.29. The summed E-state index contributed by atoms with van der Waals surface area (Å²) < 4.78 is 0. The quantitative estimate of drug-likeness (QED) is 0.506. The van der Waals surface area contributed by atoms with Gasteiger partial charge in [-0.3, -0.25) is 4.79 Å². The molecule has 1 aromatic rings. The second kappa shape index (κ2) is 9.34. The van der Waals surface area contributed by atoms with Crippen molar-refractivity contribution in [3.8, 4) is 0 Å². The van der Waals surface area contributed by atoms with E-state index in [-0.39, 0.29) is 5.91 Å². The highest BCUT2D eigenvalue weighted by molar-refractivity contribution is 7.99. The molecule has 3 N–H and O–H groups in total. The molecule has 21 heavy (non-hydrogen) atoms. The largest absolute Gasteiger partial charge is 0.368 e. The molecule has 0 aromatic heterocycles. The minimum absolute atomic E-state index is 0.263. The number of thioether (sulfide) groups is 1. The van der Waals surface area contributed by atoms with E-state index in [2.05, 4.69) is 12.2 Å². The molecular formula is C16H25ClN2OS. The molecule has 0 spiro atoms. The summed E-state index contributed by atoms with van der Waals surface area (Å²) in [6.07, 6.45) is 3.82. The van der Waals surface area contributed by atoms with Crippen molar-refractivity contribution in [3.63, 3.8) is 0 Å². The van der Waals surface area contributed by atoms with E-state index in [0.29, 0.717) is 0 Å². The molecule has 0 aliphatic heterocycles. The van der Waals surface area contributed by atoms with Crippen molar-refractivity contribution >= 4 is 29.3 Å². The molecular weight excluding hydrogens is 304 g/mol. The van der Waals surface area contributed by atoms with E-state index < -0.39 is 5.54 Å². The fraction of sp³-hybridized carbons (Fsp3) is 0.562. The summed E-state index contributed by atoms with van der Waals surface area (Å²) in [6.45, 7) is 4.80. The number of benzene rings is 1. The Morgan fingerprint density at radius 2 is 2.00 bits per heavy atom. The highest BCUT2D eigenvalue weighted by Crippen LogP contribution is 2.22. The van der Waals surface area contributed by atoms with Gasteiger partial charge in [0.1, 0.15) is 0 Å². The van der Waals surface area contributed by atoms with Crippen molar-refractivity contribution < 1.29 is 4.79 Å². The Morgan fingerprint density at radius 1 is 1.33 bits per heavy atom. The molecule has 0 aliphatic rings. The Morgan fingerprint density at radius 3 is 2.57 bits per heavy atom. The maximum absolute atomic E-state index is 11.6. The second-order valence-electron chi connectivity index (χ2n) is 5.38. The van der Waals surface area contributed by atoms with Gasteiger partial charge in [0.15, 0.2) is 0 Å². The van der Waals surface area contributed by atoms with Crippen LogP contribution in [0.5, 0.6) is 0 Å². The lowest BCUT2D eigenvalue weighted by Crippen LogP contribution is -2.53. The first-order valence-electron chi connectivity index (χ1n) is 7.41. The molecule has 0 aliphatic carbocycles. The molecule has 1 unspecified atom stereocenters. The minimum atomic E-state index is -0.582. The van der Waals surface area contributed by atoms with Gasteiger partial charge in [0.2, 0.25) is 5.91 Å². The molecule has 118 valence electrons. The van der Waals surface area contributed by atoms with Gasteiger partial charge in [0, 0.05) is 9.92 Å². The van der Waals surface area contributed by atoms with E-state index >= 15 is 0 Å². The van der Waals surface area contributed by atoms with Gasteiger partial charge in [-0.15, -0.1) is 11.8 Å². The number of hydrogen-bond acceptors (Lipinski definition) is 3. The maximum atomic E-state index is 11.6. The third kappa shape index (κ3) is 6.72. The molecule has 0 fully saturated rings. The summed E-state index contributed by atoms with van der Waals surface area (Å²) in [7, 11) is 0. The Balaban J connectivity index is 2.28. The van der Waals surface area contributed by atoms with E-state index in [1.54, 1.807) is 0 Å². The van der Waals surface area contributed by atoms with E-state index in [4.69, 9.17) is 17.3 Å². The summed E-state index contributed by atoms with van der Waals surface area (Å²) >= 11 is 7.67. The predicted octanol–water partition coefficient (Wildman–Crippen LogP) is 3.85. The molecule has 1 amide bonds. The van der Waals surface area contributed by atoms with Crippen molar-refractivity contribution in [2.75, 3.05) is 12.3 Å². The molecule has 0 bridgehead atoms. The summed E-state index contributed by atoms with van der Waals surface area (Å²) in [5.74, 6) is 0.769. The van der Waals surface area contributed by atoms with Crippen LogP contribution in [0.3, 0.4) is 0 Å². The number of unbranched alkanes of at least 4 members (excludes halogenated alkanes) is 1. The Bertz CT molecular complexity index is 438. The van der Waals surface area contributed by atoms with Crippen molar-refractivity contribution in [1.82, 2.24) is 5.32 Å². The first-order chi connectivity index (χ1) is 9.98. The van der Waals surface area contributed by atoms with Crippen LogP contribution in [0, 0.1) is 0 Å². The number of halogens is 1. The third-order valence-electron chi connectivity index (χ3n) is 3.46. The van der Waals surface area contributed by atoms with Gasteiger partial charge in [-0.2, -0.15) is 0 Å². The van der Waals surface area contributed by atoms with Crippen LogP contribution in [0.15, 0.2) is 29.2 Å². The Hall–Kier alpha value is -0.710. The minimum Gasteiger partial charge on any atom is -0.368 e. The highest BCUT2D eigenvalue weighted by atomic mass is 35.5. The van der Waals surface area contributed by atoms with E-state index in [1.807, 2.05) is 43.0 Å². The van der Waals surface area contributed by atoms with Crippen LogP contribution in [-0.4, -0.2) is 23.7 Å². The molecule has 0 saturated carbocycles. The second-order valence-corrected chi connectivity index (χ2v) is 6.99. The number of hydrogen-bond donors (Lipinski definition) is 2. The smallest absolute Gasteiger partial charge is 0.237 e. The SMILES string of the molecule is CCCNC(C)(CCCCSc1ccc(Cl)cc1)C(N)=O. The topological polar surface area (TPSA) is 55.1 Å². The van der Waals surface area contributed by atoms with Crippen molar-refractivity contribution in [2.24, 2.45) is 5.73 Å². The van der Waals surface area contributed by atoms with Gasteiger partial charge in [0.25, 0.3) is 0 Å².